The maximum Gasteiger partial charge on any atom is 0.361 e. The van der Waals surface area contributed by atoms with Gasteiger partial charge in [-0.15, -0.1) is 5.10 Å². The van der Waals surface area contributed by atoms with Crippen molar-refractivity contribution in [3.05, 3.63) is 59.9 Å². The number of carbonyl (C=O) groups excluding carboxylic acids is 2. The van der Waals surface area contributed by atoms with Gasteiger partial charge in [0.2, 0.25) is 5.69 Å². The number of nitro groups is 1. The van der Waals surface area contributed by atoms with E-state index in [4.69, 9.17) is 0 Å². The number of benzene rings is 1. The predicted molar refractivity (Wildman–Crippen MR) is 93.6 cm³/mol. The zero-order chi connectivity index (χ0) is 21.3. The molecule has 0 aliphatic rings. The summed E-state index contributed by atoms with van der Waals surface area (Å²) in [4.78, 5) is 62.3. The van der Waals surface area contributed by atoms with Gasteiger partial charge in [0.25, 0.3) is 5.69 Å². The largest absolute Gasteiger partial charge is 0.464 e. The van der Waals surface area contributed by atoms with Crippen molar-refractivity contribution >= 4 is 28.7 Å². The highest BCUT2D eigenvalue weighted by Gasteiger charge is 2.27. The number of nitro benzene ring substituents is 1. The Kier molecular flexibility index (Phi) is 4.91. The zero-order valence-corrected chi connectivity index (χ0v) is 14.9. The van der Waals surface area contributed by atoms with E-state index in [-0.39, 0.29) is 34.5 Å². The van der Waals surface area contributed by atoms with E-state index in [1.165, 1.54) is 0 Å². The van der Waals surface area contributed by atoms with E-state index in [0.29, 0.717) is 0 Å². The summed E-state index contributed by atoms with van der Waals surface area (Å²) < 4.78 is 10.1. The van der Waals surface area contributed by atoms with Crippen LogP contribution in [0.1, 0.15) is 26.5 Å². The van der Waals surface area contributed by atoms with E-state index in [2.05, 4.69) is 29.8 Å². The Morgan fingerprint density at radius 2 is 1.79 bits per heavy atom. The van der Waals surface area contributed by atoms with Crippen LogP contribution < -0.4 is 11.1 Å². The Labute approximate surface area is 159 Å². The van der Waals surface area contributed by atoms with Gasteiger partial charge in [0.05, 0.1) is 36.7 Å². The first kappa shape index (κ1) is 19.4. The predicted octanol–water partition coefficient (Wildman–Crippen LogP) is -0.662. The fourth-order valence-corrected chi connectivity index (χ4v) is 2.63. The summed E-state index contributed by atoms with van der Waals surface area (Å²) in [6, 6.07) is 2.19. The smallest absolute Gasteiger partial charge is 0.361 e. The summed E-state index contributed by atoms with van der Waals surface area (Å²) in [5.74, 6) is -1.90. The number of rotatable bonds is 5. The molecule has 0 saturated heterocycles. The van der Waals surface area contributed by atoms with Crippen molar-refractivity contribution in [3.8, 4) is 0 Å². The molecule has 2 aromatic heterocycles. The molecule has 14 nitrogen and oxygen atoms in total. The van der Waals surface area contributed by atoms with E-state index in [9.17, 15) is 29.3 Å². The Balaban J connectivity index is 2.24. The minimum atomic E-state index is -0.993. The van der Waals surface area contributed by atoms with E-state index >= 15 is 0 Å². The van der Waals surface area contributed by atoms with E-state index in [1.807, 2.05) is 0 Å². The second-order valence-corrected chi connectivity index (χ2v) is 5.62. The number of ether oxygens (including phenoxy) is 2. The lowest BCUT2D eigenvalue weighted by Crippen LogP contribution is -2.29. The summed E-state index contributed by atoms with van der Waals surface area (Å²) in [6.07, 6.45) is 0. The van der Waals surface area contributed by atoms with Gasteiger partial charge in [-0.1, -0.05) is 5.21 Å². The number of nitrogens with one attached hydrogen (secondary N) is 2. The number of aromatic amines is 2. The number of hydrogen-bond donors (Lipinski definition) is 2. The summed E-state index contributed by atoms with van der Waals surface area (Å²) in [6.45, 7) is -0.325. The SMILES string of the molecule is COC(=O)c1nnn(Cc2cc([N+](=O)[O-])cc3[nH]c(=O)c(=O)[nH]c23)c1C(=O)OC. The summed E-state index contributed by atoms with van der Waals surface area (Å²) in [5.41, 5.74) is -2.95. The Morgan fingerprint density at radius 3 is 2.41 bits per heavy atom. The molecule has 0 amide bonds. The van der Waals surface area contributed by atoms with Gasteiger partial charge >= 0.3 is 23.1 Å². The molecule has 0 unspecified atom stereocenters. The zero-order valence-electron chi connectivity index (χ0n) is 14.9. The quantitative estimate of drug-likeness (QED) is 0.239. The lowest BCUT2D eigenvalue weighted by molar-refractivity contribution is -0.384. The molecule has 29 heavy (non-hydrogen) atoms. The van der Waals surface area contributed by atoms with Crippen molar-refractivity contribution in [2.24, 2.45) is 0 Å². The van der Waals surface area contributed by atoms with Crippen molar-refractivity contribution in [2.75, 3.05) is 14.2 Å². The Hall–Kier alpha value is -4.36. The fourth-order valence-electron chi connectivity index (χ4n) is 2.63. The number of aromatic nitrogens is 5. The lowest BCUT2D eigenvalue weighted by atomic mass is 10.1. The third-order valence-corrected chi connectivity index (χ3v) is 3.92. The molecule has 2 heterocycles. The second-order valence-electron chi connectivity index (χ2n) is 5.62. The lowest BCUT2D eigenvalue weighted by Gasteiger charge is -2.09. The van der Waals surface area contributed by atoms with Crippen molar-refractivity contribution < 1.29 is 24.0 Å². The van der Waals surface area contributed by atoms with Gasteiger partial charge in [0, 0.05) is 17.7 Å². The first-order valence-corrected chi connectivity index (χ1v) is 7.80. The average Bonchev–Trinajstić information content (AvgIpc) is 3.11. The van der Waals surface area contributed by atoms with Crippen molar-refractivity contribution in [1.29, 1.82) is 0 Å². The molecule has 3 aromatic rings. The van der Waals surface area contributed by atoms with Gasteiger partial charge < -0.3 is 19.4 Å². The van der Waals surface area contributed by atoms with E-state index < -0.39 is 33.7 Å². The third-order valence-electron chi connectivity index (χ3n) is 3.92. The van der Waals surface area contributed by atoms with Gasteiger partial charge in [-0.05, 0) is 0 Å². The number of hydrogen-bond acceptors (Lipinski definition) is 10. The minimum Gasteiger partial charge on any atom is -0.464 e. The van der Waals surface area contributed by atoms with Gasteiger partial charge in [0.1, 0.15) is 0 Å². The maximum atomic E-state index is 12.1. The number of fused-ring (bicyclic) bond motifs is 1. The topological polar surface area (TPSA) is 192 Å². The average molecular weight is 404 g/mol. The molecular weight excluding hydrogens is 392 g/mol. The van der Waals surface area contributed by atoms with Gasteiger partial charge in [-0.2, -0.15) is 0 Å². The molecule has 0 atom stereocenters. The van der Waals surface area contributed by atoms with Gasteiger partial charge in [0.15, 0.2) is 5.69 Å². The Morgan fingerprint density at radius 1 is 1.14 bits per heavy atom. The van der Waals surface area contributed by atoms with Crippen LogP contribution in [0.5, 0.6) is 0 Å². The molecule has 0 saturated carbocycles. The molecule has 0 radical (unpaired) electrons. The van der Waals surface area contributed by atoms with Crippen LogP contribution in [-0.2, 0) is 16.0 Å². The number of non-ortho nitro benzene ring substituents is 1. The van der Waals surface area contributed by atoms with Crippen LogP contribution >= 0.6 is 0 Å². The normalized spacial score (nSPS) is 10.7. The third kappa shape index (κ3) is 3.45. The summed E-state index contributed by atoms with van der Waals surface area (Å²) in [5, 5.41) is 18.5. The van der Waals surface area contributed by atoms with Crippen LogP contribution in [-0.4, -0.2) is 56.0 Å². The molecule has 0 bridgehead atoms. The van der Waals surface area contributed by atoms with Crippen LogP contribution in [0.4, 0.5) is 5.69 Å². The molecule has 150 valence electrons. The highest BCUT2D eigenvalue weighted by atomic mass is 16.6. The standard InChI is InChI=1S/C15H12N6O8/c1-28-14(24)10-11(15(25)29-2)20(19-18-10)5-6-3-7(21(26)27)4-8-9(6)17-13(23)12(22)16-8/h3-4H,5H2,1-2H3,(H,16,22)(H,17,23). The van der Waals surface area contributed by atoms with Gasteiger partial charge in [-0.3, -0.25) is 19.7 Å². The number of H-pyrrole nitrogens is 2. The molecule has 3 rings (SSSR count). The summed E-state index contributed by atoms with van der Waals surface area (Å²) >= 11 is 0. The first-order valence-electron chi connectivity index (χ1n) is 7.80. The van der Waals surface area contributed by atoms with E-state index in [1.54, 1.807) is 0 Å². The fraction of sp³-hybridized carbons (Fsp3) is 0.200. The van der Waals surface area contributed by atoms with Crippen molar-refractivity contribution in [2.45, 2.75) is 6.54 Å². The molecule has 0 fully saturated rings. The second kappa shape index (κ2) is 7.34. The summed E-state index contributed by atoms with van der Waals surface area (Å²) in [7, 11) is 2.16. The van der Waals surface area contributed by atoms with Crippen LogP contribution in [0.2, 0.25) is 0 Å². The maximum absolute atomic E-state index is 12.1. The highest BCUT2D eigenvalue weighted by molar-refractivity contribution is 6.00. The molecule has 0 aliphatic carbocycles. The highest BCUT2D eigenvalue weighted by Crippen LogP contribution is 2.23. The number of carbonyl (C=O) groups is 2. The molecule has 2 N–H and O–H groups in total. The number of nitrogens with zero attached hydrogens (tertiary/aromatic N) is 4. The molecule has 1 aromatic carbocycles. The van der Waals surface area contributed by atoms with Crippen LogP contribution in [0.15, 0.2) is 21.7 Å². The van der Waals surface area contributed by atoms with E-state index in [0.717, 1.165) is 31.0 Å². The first-order chi connectivity index (χ1) is 13.8. The molecular formula is C15H12N6O8. The number of esters is 2. The number of methoxy groups -OCH3 is 2. The molecule has 0 aliphatic heterocycles. The van der Waals surface area contributed by atoms with Gasteiger partial charge in [-0.25, -0.2) is 14.3 Å². The van der Waals surface area contributed by atoms with Crippen molar-refractivity contribution in [3.63, 3.8) is 0 Å². The van der Waals surface area contributed by atoms with Crippen LogP contribution in [0.25, 0.3) is 11.0 Å². The van der Waals surface area contributed by atoms with Crippen LogP contribution in [0, 0.1) is 10.1 Å². The molecule has 0 spiro atoms. The molecule has 14 heteroatoms. The Bertz CT molecular complexity index is 1270. The van der Waals surface area contributed by atoms with Crippen LogP contribution in [0.3, 0.4) is 0 Å². The monoisotopic (exact) mass is 404 g/mol. The minimum absolute atomic E-state index is 0.00766. The van der Waals surface area contributed by atoms with Crippen molar-refractivity contribution in [1.82, 2.24) is 25.0 Å².